The van der Waals surface area contributed by atoms with Crippen LogP contribution in [0.4, 0.5) is 0 Å². The third-order valence-electron chi connectivity index (χ3n) is 5.17. The monoisotopic (exact) mass is 410 g/mol. The summed E-state index contributed by atoms with van der Waals surface area (Å²) in [7, 11) is 0. The molecule has 2 amide bonds. The summed E-state index contributed by atoms with van der Waals surface area (Å²) < 4.78 is 5.74. The van der Waals surface area contributed by atoms with Crippen LogP contribution in [0.3, 0.4) is 0 Å². The summed E-state index contributed by atoms with van der Waals surface area (Å²) in [5.41, 5.74) is 3.18. The summed E-state index contributed by atoms with van der Waals surface area (Å²) in [6, 6.07) is 15.1. The number of rotatable bonds is 10. The van der Waals surface area contributed by atoms with E-state index < -0.39 is 6.04 Å². The molecule has 0 heterocycles. The lowest BCUT2D eigenvalue weighted by molar-refractivity contribution is -0.143. The molecular formula is C25H34N2O3. The molecule has 0 bridgehead atoms. The Morgan fingerprint density at radius 1 is 1.00 bits per heavy atom. The number of nitrogens with one attached hydrogen (secondary N) is 1. The molecule has 0 radical (unpaired) electrons. The summed E-state index contributed by atoms with van der Waals surface area (Å²) in [6.07, 6.45) is 1.37. The first-order chi connectivity index (χ1) is 14.3. The van der Waals surface area contributed by atoms with Crippen molar-refractivity contribution in [2.75, 3.05) is 6.61 Å². The minimum absolute atomic E-state index is 0.0611. The van der Waals surface area contributed by atoms with Gasteiger partial charge in [-0.05, 0) is 56.9 Å². The molecule has 0 fully saturated rings. The van der Waals surface area contributed by atoms with Gasteiger partial charge in [-0.15, -0.1) is 0 Å². The summed E-state index contributed by atoms with van der Waals surface area (Å²) in [4.78, 5) is 27.7. The molecule has 0 aliphatic heterocycles. The number of aryl methyl sites for hydroxylation is 2. The van der Waals surface area contributed by atoms with Gasteiger partial charge in [0.1, 0.15) is 11.8 Å². The number of carbonyl (C=O) groups is 2. The van der Waals surface area contributed by atoms with E-state index >= 15 is 0 Å². The summed E-state index contributed by atoms with van der Waals surface area (Å²) in [5, 5.41) is 3.02. The Morgan fingerprint density at radius 3 is 2.27 bits per heavy atom. The second kappa shape index (κ2) is 11.4. The van der Waals surface area contributed by atoms with Gasteiger partial charge in [0.15, 0.2) is 6.61 Å². The summed E-state index contributed by atoms with van der Waals surface area (Å²) in [5.74, 6) is 0.323. The molecule has 0 aliphatic carbocycles. The molecule has 2 aromatic rings. The Bertz CT molecular complexity index is 850. The quantitative estimate of drug-likeness (QED) is 0.631. The van der Waals surface area contributed by atoms with E-state index in [0.717, 1.165) is 23.1 Å². The zero-order valence-corrected chi connectivity index (χ0v) is 18.8. The molecular weight excluding hydrogens is 376 g/mol. The maximum Gasteiger partial charge on any atom is 0.261 e. The molecule has 2 atom stereocenters. The number of hydrogen-bond donors (Lipinski definition) is 1. The molecule has 2 rings (SSSR count). The molecule has 2 aromatic carbocycles. The van der Waals surface area contributed by atoms with Crippen molar-refractivity contribution in [2.45, 2.75) is 66.1 Å². The molecule has 162 valence electrons. The van der Waals surface area contributed by atoms with Crippen LogP contribution < -0.4 is 10.1 Å². The summed E-state index contributed by atoms with van der Waals surface area (Å²) in [6.45, 7) is 10.2. The molecule has 0 unspecified atom stereocenters. The Hall–Kier alpha value is -2.82. The highest BCUT2D eigenvalue weighted by Gasteiger charge is 2.29. The maximum atomic E-state index is 13.2. The molecule has 0 saturated heterocycles. The average molecular weight is 411 g/mol. The fraction of sp³-hybridized carbons (Fsp3) is 0.440. The molecule has 0 aliphatic rings. The molecule has 5 nitrogen and oxygen atoms in total. The predicted octanol–water partition coefficient (Wildman–Crippen LogP) is 4.40. The number of benzene rings is 2. The highest BCUT2D eigenvalue weighted by Crippen LogP contribution is 2.16. The lowest BCUT2D eigenvalue weighted by atomic mass is 10.1. The van der Waals surface area contributed by atoms with E-state index in [9.17, 15) is 9.59 Å². The van der Waals surface area contributed by atoms with Crippen molar-refractivity contribution in [3.05, 3.63) is 65.2 Å². The third kappa shape index (κ3) is 6.90. The first-order valence-electron chi connectivity index (χ1n) is 10.7. The molecule has 0 aromatic heterocycles. The standard InChI is InChI=1S/C25H34N2O3/c1-6-20(5)26-25(29)23(7-2)27(16-21-12-8-10-18(3)14-21)24(28)17-30-22-13-9-11-19(4)15-22/h8-15,20,23H,6-7,16-17H2,1-5H3,(H,26,29)/t20-,23-/m1/s1. The van der Waals surface area contributed by atoms with E-state index in [0.29, 0.717) is 18.7 Å². The van der Waals surface area contributed by atoms with Crippen molar-refractivity contribution < 1.29 is 14.3 Å². The lowest BCUT2D eigenvalue weighted by Gasteiger charge is -2.31. The third-order valence-corrected chi connectivity index (χ3v) is 5.17. The van der Waals surface area contributed by atoms with Crippen molar-refractivity contribution in [1.82, 2.24) is 10.2 Å². The average Bonchev–Trinajstić information content (AvgIpc) is 2.71. The Balaban J connectivity index is 2.21. The van der Waals surface area contributed by atoms with Gasteiger partial charge in [0.25, 0.3) is 5.91 Å². The van der Waals surface area contributed by atoms with Gasteiger partial charge in [0.05, 0.1) is 0 Å². The van der Waals surface area contributed by atoms with Crippen LogP contribution in [0, 0.1) is 13.8 Å². The van der Waals surface area contributed by atoms with E-state index in [2.05, 4.69) is 5.32 Å². The van der Waals surface area contributed by atoms with Crippen LogP contribution in [0.2, 0.25) is 0 Å². The van der Waals surface area contributed by atoms with Gasteiger partial charge in [0.2, 0.25) is 5.91 Å². The zero-order valence-electron chi connectivity index (χ0n) is 18.8. The van der Waals surface area contributed by atoms with E-state index in [4.69, 9.17) is 4.74 Å². The molecule has 0 spiro atoms. The van der Waals surface area contributed by atoms with Crippen LogP contribution in [0.25, 0.3) is 0 Å². The van der Waals surface area contributed by atoms with Crippen LogP contribution in [0.1, 0.15) is 50.3 Å². The van der Waals surface area contributed by atoms with Crippen LogP contribution in [-0.4, -0.2) is 35.4 Å². The minimum Gasteiger partial charge on any atom is -0.484 e. The SMILES string of the molecule is CC[C@@H](C)NC(=O)[C@@H](CC)N(Cc1cccc(C)c1)C(=O)COc1cccc(C)c1. The number of amides is 2. The molecule has 0 saturated carbocycles. The Morgan fingerprint density at radius 2 is 1.67 bits per heavy atom. The highest BCUT2D eigenvalue weighted by molar-refractivity contribution is 5.88. The molecule has 30 heavy (non-hydrogen) atoms. The predicted molar refractivity (Wildman–Crippen MR) is 120 cm³/mol. The van der Waals surface area contributed by atoms with Gasteiger partial charge in [-0.1, -0.05) is 55.8 Å². The van der Waals surface area contributed by atoms with Crippen molar-refractivity contribution in [3.8, 4) is 5.75 Å². The second-order valence-corrected chi connectivity index (χ2v) is 7.86. The largest absolute Gasteiger partial charge is 0.484 e. The number of hydrogen-bond acceptors (Lipinski definition) is 3. The normalized spacial score (nSPS) is 12.7. The fourth-order valence-corrected chi connectivity index (χ4v) is 3.30. The zero-order chi connectivity index (χ0) is 22.1. The van der Waals surface area contributed by atoms with Gasteiger partial charge < -0.3 is 15.0 Å². The first-order valence-corrected chi connectivity index (χ1v) is 10.7. The second-order valence-electron chi connectivity index (χ2n) is 7.86. The highest BCUT2D eigenvalue weighted by atomic mass is 16.5. The molecule has 5 heteroatoms. The van der Waals surface area contributed by atoms with Gasteiger partial charge in [-0.3, -0.25) is 9.59 Å². The van der Waals surface area contributed by atoms with Crippen molar-refractivity contribution in [2.24, 2.45) is 0 Å². The van der Waals surface area contributed by atoms with Crippen LogP contribution in [0.15, 0.2) is 48.5 Å². The number of carbonyl (C=O) groups excluding carboxylic acids is 2. The lowest BCUT2D eigenvalue weighted by Crippen LogP contribution is -2.51. The van der Waals surface area contributed by atoms with Gasteiger partial charge in [-0.2, -0.15) is 0 Å². The van der Waals surface area contributed by atoms with Crippen LogP contribution >= 0.6 is 0 Å². The van der Waals surface area contributed by atoms with E-state index in [-0.39, 0.29) is 24.5 Å². The van der Waals surface area contributed by atoms with Gasteiger partial charge >= 0.3 is 0 Å². The Labute approximate surface area is 180 Å². The van der Waals surface area contributed by atoms with Crippen molar-refractivity contribution in [3.63, 3.8) is 0 Å². The fourth-order valence-electron chi connectivity index (χ4n) is 3.30. The molecule has 1 N–H and O–H groups in total. The van der Waals surface area contributed by atoms with Gasteiger partial charge in [-0.25, -0.2) is 0 Å². The minimum atomic E-state index is -0.548. The number of ether oxygens (including phenoxy) is 1. The Kier molecular flexibility index (Phi) is 8.90. The maximum absolute atomic E-state index is 13.2. The topological polar surface area (TPSA) is 58.6 Å². The smallest absolute Gasteiger partial charge is 0.261 e. The van der Waals surface area contributed by atoms with Gasteiger partial charge in [0, 0.05) is 12.6 Å². The van der Waals surface area contributed by atoms with Crippen LogP contribution in [-0.2, 0) is 16.1 Å². The van der Waals surface area contributed by atoms with E-state index in [1.807, 2.05) is 83.1 Å². The van der Waals surface area contributed by atoms with Crippen molar-refractivity contribution in [1.29, 1.82) is 0 Å². The summed E-state index contributed by atoms with van der Waals surface area (Å²) >= 11 is 0. The van der Waals surface area contributed by atoms with E-state index in [1.54, 1.807) is 4.90 Å². The van der Waals surface area contributed by atoms with E-state index in [1.165, 1.54) is 0 Å². The van der Waals surface area contributed by atoms with Crippen molar-refractivity contribution >= 4 is 11.8 Å². The first kappa shape index (κ1) is 23.5. The van der Waals surface area contributed by atoms with Crippen LogP contribution in [0.5, 0.6) is 5.75 Å². The number of nitrogens with zero attached hydrogens (tertiary/aromatic N) is 1.